The highest BCUT2D eigenvalue weighted by Crippen LogP contribution is 2.00. The average Bonchev–Trinajstić information content (AvgIpc) is 2.16. The summed E-state index contributed by atoms with van der Waals surface area (Å²) in [5.41, 5.74) is 0. The maximum absolute atomic E-state index is 11.4. The molecule has 0 fully saturated rings. The summed E-state index contributed by atoms with van der Waals surface area (Å²) >= 11 is 0. The van der Waals surface area contributed by atoms with Crippen LogP contribution in [0.3, 0.4) is 0 Å². The lowest BCUT2D eigenvalue weighted by Crippen LogP contribution is -2.35. The molecule has 0 aliphatic heterocycles. The third kappa shape index (κ3) is 9.89. The first-order valence-corrected chi connectivity index (χ1v) is 5.70. The number of rotatable bonds is 9. The first-order valence-electron chi connectivity index (χ1n) is 5.70. The van der Waals surface area contributed by atoms with Crippen molar-refractivity contribution in [3.05, 3.63) is 0 Å². The molecule has 0 saturated carbocycles. The van der Waals surface area contributed by atoms with Crippen LogP contribution in [0.1, 0.15) is 20.3 Å². The van der Waals surface area contributed by atoms with Gasteiger partial charge in [0, 0.05) is 39.8 Å². The highest BCUT2D eigenvalue weighted by Gasteiger charge is 2.07. The largest absolute Gasteiger partial charge is 0.392 e. The molecule has 0 aliphatic rings. The fourth-order valence-corrected chi connectivity index (χ4v) is 1.33. The van der Waals surface area contributed by atoms with Crippen LogP contribution < -0.4 is 10.6 Å². The smallest absolute Gasteiger partial charge is 0.220 e. The van der Waals surface area contributed by atoms with Crippen LogP contribution >= 0.6 is 0 Å². The molecule has 2 unspecified atom stereocenters. The molecule has 0 aromatic rings. The second kappa shape index (κ2) is 9.57. The Hall–Kier alpha value is -0.650. The summed E-state index contributed by atoms with van der Waals surface area (Å²) in [6.45, 7) is 6.12. The Kier molecular flexibility index (Phi) is 9.18. The van der Waals surface area contributed by atoms with Crippen LogP contribution in [0.5, 0.6) is 0 Å². The molecule has 5 nitrogen and oxygen atoms in total. The summed E-state index contributed by atoms with van der Waals surface area (Å²) in [5, 5.41) is 14.8. The fourth-order valence-electron chi connectivity index (χ4n) is 1.33. The van der Waals surface area contributed by atoms with Gasteiger partial charge in [-0.15, -0.1) is 0 Å². The lowest BCUT2D eigenvalue weighted by atomic mass is 10.1. The van der Waals surface area contributed by atoms with Crippen molar-refractivity contribution in [3.8, 4) is 0 Å². The summed E-state index contributed by atoms with van der Waals surface area (Å²) in [6, 6.07) is 0. The van der Waals surface area contributed by atoms with E-state index in [1.807, 2.05) is 6.92 Å². The van der Waals surface area contributed by atoms with Crippen LogP contribution in [-0.4, -0.2) is 50.5 Å². The van der Waals surface area contributed by atoms with Crippen molar-refractivity contribution in [2.24, 2.45) is 5.92 Å². The molecule has 16 heavy (non-hydrogen) atoms. The number of aliphatic hydroxyl groups is 1. The number of hydrogen-bond acceptors (Lipinski definition) is 4. The van der Waals surface area contributed by atoms with Gasteiger partial charge in [-0.3, -0.25) is 4.79 Å². The van der Waals surface area contributed by atoms with Gasteiger partial charge in [0.1, 0.15) is 0 Å². The van der Waals surface area contributed by atoms with Crippen LogP contribution in [0.4, 0.5) is 0 Å². The molecule has 5 heteroatoms. The number of hydrogen-bond donors (Lipinski definition) is 3. The van der Waals surface area contributed by atoms with Gasteiger partial charge >= 0.3 is 0 Å². The molecule has 0 heterocycles. The highest BCUT2D eigenvalue weighted by atomic mass is 16.5. The van der Waals surface area contributed by atoms with Gasteiger partial charge in [-0.05, 0) is 12.8 Å². The van der Waals surface area contributed by atoms with E-state index in [-0.39, 0.29) is 17.9 Å². The van der Waals surface area contributed by atoms with Crippen molar-refractivity contribution in [1.29, 1.82) is 0 Å². The predicted molar refractivity (Wildman–Crippen MR) is 63.2 cm³/mol. The number of ether oxygens (including phenoxy) is 1. The average molecular weight is 232 g/mol. The van der Waals surface area contributed by atoms with Crippen LogP contribution in [0.25, 0.3) is 0 Å². The predicted octanol–water partition coefficient (Wildman–Crippen LogP) is -0.254. The van der Waals surface area contributed by atoms with E-state index < -0.39 is 0 Å². The lowest BCUT2D eigenvalue weighted by Gasteiger charge is -2.11. The van der Waals surface area contributed by atoms with Crippen LogP contribution in [0, 0.1) is 5.92 Å². The van der Waals surface area contributed by atoms with E-state index in [0.29, 0.717) is 32.7 Å². The maximum Gasteiger partial charge on any atom is 0.220 e. The number of nitrogens with one attached hydrogen (secondary N) is 2. The summed E-state index contributed by atoms with van der Waals surface area (Å²) in [6.07, 6.45) is 0.141. The Balaban J connectivity index is 3.36. The second-order valence-electron chi connectivity index (χ2n) is 4.17. The second-order valence-corrected chi connectivity index (χ2v) is 4.17. The topological polar surface area (TPSA) is 70.6 Å². The van der Waals surface area contributed by atoms with Crippen molar-refractivity contribution in [1.82, 2.24) is 10.6 Å². The van der Waals surface area contributed by atoms with E-state index in [1.54, 1.807) is 14.0 Å². The van der Waals surface area contributed by atoms with Crippen molar-refractivity contribution in [3.63, 3.8) is 0 Å². The Morgan fingerprint density at radius 1 is 1.38 bits per heavy atom. The van der Waals surface area contributed by atoms with E-state index in [2.05, 4.69) is 10.6 Å². The molecule has 0 aromatic heterocycles. The molecular weight excluding hydrogens is 208 g/mol. The molecule has 0 rings (SSSR count). The van der Waals surface area contributed by atoms with E-state index in [4.69, 9.17) is 9.84 Å². The molecule has 0 spiro atoms. The molecule has 1 amide bonds. The Morgan fingerprint density at radius 2 is 2.06 bits per heavy atom. The molecule has 0 radical (unpaired) electrons. The Morgan fingerprint density at radius 3 is 2.62 bits per heavy atom. The highest BCUT2D eigenvalue weighted by molar-refractivity contribution is 5.76. The number of amides is 1. The van der Waals surface area contributed by atoms with Gasteiger partial charge in [0.2, 0.25) is 5.91 Å². The monoisotopic (exact) mass is 232 g/mol. The van der Waals surface area contributed by atoms with E-state index in [0.717, 1.165) is 0 Å². The summed E-state index contributed by atoms with van der Waals surface area (Å²) in [4.78, 5) is 11.4. The zero-order valence-corrected chi connectivity index (χ0v) is 10.5. The van der Waals surface area contributed by atoms with Crippen molar-refractivity contribution in [2.45, 2.75) is 26.4 Å². The standard InChI is InChI=1S/C11H24N2O3/c1-9(8-16-3)6-11(15)13-5-4-12-7-10(2)14/h9-10,12,14H,4-8H2,1-3H3,(H,13,15). The summed E-state index contributed by atoms with van der Waals surface area (Å²) in [5.74, 6) is 0.291. The molecule has 3 N–H and O–H groups in total. The maximum atomic E-state index is 11.4. The van der Waals surface area contributed by atoms with Gasteiger partial charge in [-0.25, -0.2) is 0 Å². The van der Waals surface area contributed by atoms with Gasteiger partial charge in [0.15, 0.2) is 0 Å². The van der Waals surface area contributed by atoms with Gasteiger partial charge in [-0.1, -0.05) is 6.92 Å². The molecule has 0 aromatic carbocycles. The van der Waals surface area contributed by atoms with Gasteiger partial charge in [0.05, 0.1) is 6.10 Å². The third-order valence-electron chi connectivity index (χ3n) is 2.05. The molecule has 0 aliphatic carbocycles. The molecule has 2 atom stereocenters. The lowest BCUT2D eigenvalue weighted by molar-refractivity contribution is -0.122. The zero-order valence-electron chi connectivity index (χ0n) is 10.5. The van der Waals surface area contributed by atoms with Crippen LogP contribution in [0.15, 0.2) is 0 Å². The number of carbonyl (C=O) groups excluding carboxylic acids is 1. The molecule has 0 bridgehead atoms. The zero-order chi connectivity index (χ0) is 12.4. The van der Waals surface area contributed by atoms with Crippen molar-refractivity contribution < 1.29 is 14.6 Å². The Labute approximate surface area is 97.6 Å². The minimum absolute atomic E-state index is 0.0448. The first kappa shape index (κ1) is 15.3. The minimum atomic E-state index is -0.350. The number of carbonyl (C=O) groups is 1. The summed E-state index contributed by atoms with van der Waals surface area (Å²) < 4.78 is 4.95. The van der Waals surface area contributed by atoms with Gasteiger partial charge in [0.25, 0.3) is 0 Å². The van der Waals surface area contributed by atoms with Gasteiger partial charge in [-0.2, -0.15) is 0 Å². The molecule has 0 saturated heterocycles. The van der Waals surface area contributed by atoms with Gasteiger partial charge < -0.3 is 20.5 Å². The Bertz CT molecular complexity index is 186. The SMILES string of the molecule is COCC(C)CC(=O)NCCNCC(C)O. The van der Waals surface area contributed by atoms with E-state index in [9.17, 15) is 4.79 Å². The third-order valence-corrected chi connectivity index (χ3v) is 2.05. The fraction of sp³-hybridized carbons (Fsp3) is 0.909. The summed E-state index contributed by atoms with van der Waals surface area (Å²) in [7, 11) is 1.63. The quantitative estimate of drug-likeness (QED) is 0.479. The van der Waals surface area contributed by atoms with Crippen molar-refractivity contribution >= 4 is 5.91 Å². The van der Waals surface area contributed by atoms with E-state index in [1.165, 1.54) is 0 Å². The molecular formula is C11H24N2O3. The molecule has 96 valence electrons. The van der Waals surface area contributed by atoms with Crippen LogP contribution in [0.2, 0.25) is 0 Å². The van der Waals surface area contributed by atoms with E-state index >= 15 is 0 Å². The number of methoxy groups -OCH3 is 1. The minimum Gasteiger partial charge on any atom is -0.392 e. The normalized spacial score (nSPS) is 14.5. The van der Waals surface area contributed by atoms with Crippen LogP contribution in [-0.2, 0) is 9.53 Å². The first-order chi connectivity index (χ1) is 7.56. The van der Waals surface area contributed by atoms with Crippen molar-refractivity contribution in [2.75, 3.05) is 33.4 Å². The number of aliphatic hydroxyl groups excluding tert-OH is 1.